The molecule has 0 radical (unpaired) electrons. The average Bonchev–Trinajstić information content (AvgIpc) is 2.72. The minimum Gasteiger partial charge on any atom is -0.478 e. The maximum absolute atomic E-state index is 13.1. The summed E-state index contributed by atoms with van der Waals surface area (Å²) in [6.45, 7) is 0.311. The van der Waals surface area contributed by atoms with E-state index in [1.54, 1.807) is 23.1 Å². The van der Waals surface area contributed by atoms with Crippen LogP contribution in [-0.2, 0) is 11.3 Å². The molecule has 0 bridgehead atoms. The van der Waals surface area contributed by atoms with Crippen molar-refractivity contribution in [1.82, 2.24) is 0 Å². The minimum atomic E-state index is -0.979. The lowest BCUT2D eigenvalue weighted by atomic mass is 10.1. The van der Waals surface area contributed by atoms with Crippen LogP contribution in [0.15, 0.2) is 84.6 Å². The average molecular weight is 371 g/mol. The van der Waals surface area contributed by atoms with E-state index in [1.807, 2.05) is 54.6 Å². The Labute approximate surface area is 162 Å². The van der Waals surface area contributed by atoms with Crippen molar-refractivity contribution in [2.75, 3.05) is 4.90 Å². The Morgan fingerprint density at radius 2 is 1.61 bits per heavy atom. The van der Waals surface area contributed by atoms with Gasteiger partial charge in [0.1, 0.15) is 0 Å². The molecule has 0 atom stereocenters. The van der Waals surface area contributed by atoms with E-state index in [0.717, 1.165) is 11.1 Å². The van der Waals surface area contributed by atoms with Crippen LogP contribution in [0.25, 0.3) is 6.08 Å². The number of hydrogen-bond acceptors (Lipinski definition) is 3. The molecule has 5 nitrogen and oxygen atoms in total. The quantitative estimate of drug-likeness (QED) is 0.693. The number of hydrogen-bond donors (Lipinski definition) is 1. The summed E-state index contributed by atoms with van der Waals surface area (Å²) in [5.74, 6) is -0.379. The highest BCUT2D eigenvalue weighted by atomic mass is 16.5. The fourth-order valence-corrected chi connectivity index (χ4v) is 3.06. The van der Waals surface area contributed by atoms with E-state index >= 15 is 0 Å². The largest absolute Gasteiger partial charge is 0.478 e. The van der Waals surface area contributed by atoms with Crippen molar-refractivity contribution < 1.29 is 19.4 Å². The van der Waals surface area contributed by atoms with Crippen LogP contribution >= 0.6 is 0 Å². The van der Waals surface area contributed by atoms with Crippen molar-refractivity contribution in [3.63, 3.8) is 0 Å². The number of anilines is 1. The molecule has 0 unspecified atom stereocenters. The van der Waals surface area contributed by atoms with E-state index in [9.17, 15) is 9.59 Å². The van der Waals surface area contributed by atoms with Crippen LogP contribution in [0.3, 0.4) is 0 Å². The Morgan fingerprint density at radius 1 is 0.929 bits per heavy atom. The molecule has 0 saturated carbocycles. The number of nitrogens with zero attached hydrogens (tertiary/aromatic N) is 1. The smallest absolute Gasteiger partial charge is 0.335 e. The molecule has 5 heteroatoms. The second-order valence-electron chi connectivity index (χ2n) is 6.38. The van der Waals surface area contributed by atoms with Gasteiger partial charge in [-0.15, -0.1) is 0 Å². The van der Waals surface area contributed by atoms with Crippen molar-refractivity contribution in [2.45, 2.75) is 6.54 Å². The maximum Gasteiger partial charge on any atom is 0.335 e. The van der Waals surface area contributed by atoms with E-state index in [1.165, 1.54) is 12.1 Å². The highest BCUT2D eigenvalue weighted by Gasteiger charge is 2.30. The number of aromatic carboxylic acids is 1. The molecule has 1 aliphatic heterocycles. The van der Waals surface area contributed by atoms with E-state index in [2.05, 4.69) is 0 Å². The van der Waals surface area contributed by atoms with Gasteiger partial charge in [-0.25, -0.2) is 4.79 Å². The zero-order chi connectivity index (χ0) is 19.5. The fourth-order valence-electron chi connectivity index (χ4n) is 3.06. The lowest BCUT2D eigenvalue weighted by molar-refractivity contribution is -0.117. The van der Waals surface area contributed by atoms with Gasteiger partial charge in [0.25, 0.3) is 5.91 Å². The van der Waals surface area contributed by atoms with Gasteiger partial charge in [-0.3, -0.25) is 9.69 Å². The van der Waals surface area contributed by atoms with Gasteiger partial charge in [0.2, 0.25) is 0 Å². The standard InChI is InChI=1S/C23H17NO4/c25-22-21(14-16-6-2-1-3-7-16)28-20-9-5-4-8-19(20)24(22)15-17-10-12-18(13-11-17)23(26)27/h1-14H,15H2,(H,26,27)/b21-14+. The van der Waals surface area contributed by atoms with Gasteiger partial charge in [0, 0.05) is 0 Å². The number of benzene rings is 3. The molecule has 4 rings (SSSR count). The number of carbonyl (C=O) groups is 2. The predicted octanol–water partition coefficient (Wildman–Crippen LogP) is 4.35. The Balaban J connectivity index is 1.69. The number of carbonyl (C=O) groups excluding carboxylic acids is 1. The first-order valence-corrected chi connectivity index (χ1v) is 8.79. The third-order valence-electron chi connectivity index (χ3n) is 4.47. The van der Waals surface area contributed by atoms with Gasteiger partial charge >= 0.3 is 5.97 Å². The summed E-state index contributed by atoms with van der Waals surface area (Å²) in [6.07, 6.45) is 1.72. The summed E-state index contributed by atoms with van der Waals surface area (Å²) >= 11 is 0. The number of amides is 1. The zero-order valence-corrected chi connectivity index (χ0v) is 14.9. The highest BCUT2D eigenvalue weighted by Crippen LogP contribution is 2.36. The first-order valence-electron chi connectivity index (χ1n) is 8.79. The number of carboxylic acids is 1. The van der Waals surface area contributed by atoms with Crippen molar-refractivity contribution in [3.05, 3.63) is 101 Å². The lowest BCUT2D eigenvalue weighted by Crippen LogP contribution is -2.36. The molecule has 1 aliphatic rings. The molecule has 0 saturated heterocycles. The van der Waals surface area contributed by atoms with Crippen LogP contribution in [0.4, 0.5) is 5.69 Å². The van der Waals surface area contributed by atoms with Crippen LogP contribution < -0.4 is 9.64 Å². The van der Waals surface area contributed by atoms with Gasteiger partial charge in [0.05, 0.1) is 17.8 Å². The maximum atomic E-state index is 13.1. The summed E-state index contributed by atoms with van der Waals surface area (Å²) in [6, 6.07) is 23.4. The minimum absolute atomic E-state index is 0.210. The third-order valence-corrected chi connectivity index (χ3v) is 4.47. The van der Waals surface area contributed by atoms with E-state index in [4.69, 9.17) is 9.84 Å². The second-order valence-corrected chi connectivity index (χ2v) is 6.38. The SMILES string of the molecule is O=C(O)c1ccc(CN2C(=O)/C(=C\c3ccccc3)Oc3ccccc32)cc1. The molecule has 1 N–H and O–H groups in total. The molecule has 138 valence electrons. The van der Waals surface area contributed by atoms with E-state index in [0.29, 0.717) is 18.0 Å². The van der Waals surface area contributed by atoms with Crippen LogP contribution in [0.2, 0.25) is 0 Å². The predicted molar refractivity (Wildman–Crippen MR) is 106 cm³/mol. The molecule has 0 aromatic heterocycles. The number of fused-ring (bicyclic) bond motifs is 1. The van der Waals surface area contributed by atoms with Gasteiger partial charge in [0.15, 0.2) is 11.5 Å². The number of rotatable bonds is 4. The topological polar surface area (TPSA) is 66.8 Å². The van der Waals surface area contributed by atoms with Crippen molar-refractivity contribution in [2.24, 2.45) is 0 Å². The Hall–Kier alpha value is -3.86. The Kier molecular flexibility index (Phi) is 4.64. The molecular weight excluding hydrogens is 354 g/mol. The van der Waals surface area contributed by atoms with Crippen LogP contribution in [-0.4, -0.2) is 17.0 Å². The molecule has 3 aromatic carbocycles. The molecule has 28 heavy (non-hydrogen) atoms. The summed E-state index contributed by atoms with van der Waals surface area (Å²) in [7, 11) is 0. The molecule has 3 aromatic rings. The highest BCUT2D eigenvalue weighted by molar-refractivity contribution is 6.09. The van der Waals surface area contributed by atoms with Gasteiger partial charge in [-0.05, 0) is 41.5 Å². The summed E-state index contributed by atoms with van der Waals surface area (Å²) < 4.78 is 5.86. The summed E-state index contributed by atoms with van der Waals surface area (Å²) in [5.41, 5.74) is 2.59. The number of ether oxygens (including phenoxy) is 1. The van der Waals surface area contributed by atoms with Crippen LogP contribution in [0.1, 0.15) is 21.5 Å². The molecule has 0 aliphatic carbocycles. The molecule has 1 amide bonds. The van der Waals surface area contributed by atoms with Gasteiger partial charge in [-0.2, -0.15) is 0 Å². The third kappa shape index (κ3) is 3.50. The monoisotopic (exact) mass is 371 g/mol. The molecular formula is C23H17NO4. The normalized spacial score (nSPS) is 14.5. The first-order chi connectivity index (χ1) is 13.6. The van der Waals surface area contributed by atoms with Crippen molar-refractivity contribution in [1.29, 1.82) is 0 Å². The molecule has 0 spiro atoms. The second kappa shape index (κ2) is 7.40. The zero-order valence-electron chi connectivity index (χ0n) is 14.9. The van der Waals surface area contributed by atoms with E-state index in [-0.39, 0.29) is 17.2 Å². The Morgan fingerprint density at radius 3 is 2.32 bits per heavy atom. The number of carboxylic acid groups (broad SMARTS) is 1. The molecule has 0 fully saturated rings. The van der Waals surface area contributed by atoms with Crippen molar-refractivity contribution >= 4 is 23.6 Å². The van der Waals surface area contributed by atoms with Crippen LogP contribution in [0.5, 0.6) is 5.75 Å². The fraction of sp³-hybridized carbons (Fsp3) is 0.0435. The summed E-state index contributed by atoms with van der Waals surface area (Å²) in [5, 5.41) is 9.06. The summed E-state index contributed by atoms with van der Waals surface area (Å²) in [4.78, 5) is 25.8. The van der Waals surface area contributed by atoms with Crippen molar-refractivity contribution in [3.8, 4) is 5.75 Å². The Bertz CT molecular complexity index is 1060. The van der Waals surface area contributed by atoms with Crippen LogP contribution in [0, 0.1) is 0 Å². The molecule has 1 heterocycles. The lowest BCUT2D eigenvalue weighted by Gasteiger charge is -2.30. The first kappa shape index (κ1) is 17.5. The van der Waals surface area contributed by atoms with Gasteiger partial charge < -0.3 is 9.84 Å². The van der Waals surface area contributed by atoms with E-state index < -0.39 is 5.97 Å². The van der Waals surface area contributed by atoms with Gasteiger partial charge in [-0.1, -0.05) is 54.6 Å². The number of para-hydroxylation sites is 2.